The molecular weight excluding hydrogens is 384 g/mol. The van der Waals surface area contributed by atoms with Gasteiger partial charge in [0.05, 0.1) is 31.6 Å². The molecule has 0 aliphatic heterocycles. The molecule has 0 heterocycles. The first-order valence-electron chi connectivity index (χ1n) is 9.59. The minimum absolute atomic E-state index is 0.205. The van der Waals surface area contributed by atoms with Gasteiger partial charge in [-0.05, 0) is 37.3 Å². The third-order valence-electron chi connectivity index (χ3n) is 4.21. The number of ether oxygens (including phenoxy) is 3. The molecule has 1 saturated carbocycles. The summed E-state index contributed by atoms with van der Waals surface area (Å²) in [4.78, 5) is 11.1. The zero-order chi connectivity index (χ0) is 20.2. The average molecular weight is 415 g/mol. The number of esters is 1. The minimum atomic E-state index is -3.56. The summed E-state index contributed by atoms with van der Waals surface area (Å²) < 4.78 is 42.9. The van der Waals surface area contributed by atoms with E-state index in [2.05, 4.69) is 14.8 Å². The SMILES string of the molecule is COC(=O)CCNCCOCCCNS(=O)(=O)c1cccc(OCC2CC2)c1. The Morgan fingerprint density at radius 1 is 1.18 bits per heavy atom. The van der Waals surface area contributed by atoms with Crippen LogP contribution >= 0.6 is 0 Å². The zero-order valence-corrected chi connectivity index (χ0v) is 17.1. The van der Waals surface area contributed by atoms with Gasteiger partial charge in [0.1, 0.15) is 5.75 Å². The van der Waals surface area contributed by atoms with Crippen molar-refractivity contribution in [3.05, 3.63) is 24.3 Å². The van der Waals surface area contributed by atoms with Crippen LogP contribution in [0.15, 0.2) is 29.2 Å². The maximum atomic E-state index is 12.4. The van der Waals surface area contributed by atoms with Crippen molar-refractivity contribution in [3.63, 3.8) is 0 Å². The monoisotopic (exact) mass is 414 g/mol. The maximum Gasteiger partial charge on any atom is 0.306 e. The molecule has 1 aliphatic carbocycles. The van der Waals surface area contributed by atoms with Crippen molar-refractivity contribution in [2.75, 3.05) is 46.6 Å². The number of nitrogens with one attached hydrogen (secondary N) is 2. The van der Waals surface area contributed by atoms with E-state index in [-0.39, 0.29) is 10.9 Å². The zero-order valence-electron chi connectivity index (χ0n) is 16.3. The van der Waals surface area contributed by atoms with Gasteiger partial charge in [-0.15, -0.1) is 0 Å². The summed E-state index contributed by atoms with van der Waals surface area (Å²) >= 11 is 0. The second kappa shape index (κ2) is 12.0. The first-order chi connectivity index (χ1) is 13.5. The summed E-state index contributed by atoms with van der Waals surface area (Å²) in [6.07, 6.45) is 3.26. The molecule has 1 aromatic carbocycles. The molecule has 1 fully saturated rings. The Labute approximate surface area is 167 Å². The van der Waals surface area contributed by atoms with E-state index in [4.69, 9.17) is 9.47 Å². The number of carbonyl (C=O) groups excluding carboxylic acids is 1. The summed E-state index contributed by atoms with van der Waals surface area (Å²) in [5.41, 5.74) is 0. The van der Waals surface area contributed by atoms with E-state index in [9.17, 15) is 13.2 Å². The number of sulfonamides is 1. The summed E-state index contributed by atoms with van der Waals surface area (Å²) in [6, 6.07) is 6.57. The van der Waals surface area contributed by atoms with E-state index < -0.39 is 10.0 Å². The van der Waals surface area contributed by atoms with Crippen LogP contribution in [0, 0.1) is 5.92 Å². The largest absolute Gasteiger partial charge is 0.493 e. The Bertz CT molecular complexity index is 706. The normalized spacial score (nSPS) is 14.0. The molecule has 1 aromatic rings. The van der Waals surface area contributed by atoms with E-state index in [0.717, 1.165) is 0 Å². The van der Waals surface area contributed by atoms with Crippen molar-refractivity contribution < 1.29 is 27.4 Å². The summed E-state index contributed by atoms with van der Waals surface area (Å²) in [5.74, 6) is 0.944. The number of hydrogen-bond acceptors (Lipinski definition) is 7. The lowest BCUT2D eigenvalue weighted by atomic mass is 10.3. The molecule has 0 radical (unpaired) electrons. The van der Waals surface area contributed by atoms with E-state index in [1.165, 1.54) is 20.0 Å². The van der Waals surface area contributed by atoms with E-state index in [0.29, 0.717) is 64.0 Å². The highest BCUT2D eigenvalue weighted by Crippen LogP contribution is 2.29. The van der Waals surface area contributed by atoms with Crippen molar-refractivity contribution >= 4 is 16.0 Å². The lowest BCUT2D eigenvalue weighted by Crippen LogP contribution is -2.26. The number of methoxy groups -OCH3 is 1. The minimum Gasteiger partial charge on any atom is -0.493 e. The number of rotatable bonds is 15. The van der Waals surface area contributed by atoms with Gasteiger partial charge in [-0.2, -0.15) is 0 Å². The highest BCUT2D eigenvalue weighted by Gasteiger charge is 2.22. The highest BCUT2D eigenvalue weighted by molar-refractivity contribution is 7.89. The van der Waals surface area contributed by atoms with Crippen molar-refractivity contribution in [3.8, 4) is 5.75 Å². The standard InChI is InChI=1S/C19H30N2O6S/c1-25-19(22)8-10-20-11-13-26-12-3-9-21-28(23,24)18-5-2-4-17(14-18)27-15-16-6-7-16/h2,4-5,14,16,20-21H,3,6-13,15H2,1H3. The van der Waals surface area contributed by atoms with Crippen molar-refractivity contribution in [1.29, 1.82) is 0 Å². The Hall–Kier alpha value is -1.68. The quantitative estimate of drug-likeness (QED) is 0.329. The van der Waals surface area contributed by atoms with Crippen molar-refractivity contribution in [2.24, 2.45) is 5.92 Å². The molecule has 0 bridgehead atoms. The lowest BCUT2D eigenvalue weighted by Gasteiger charge is -2.10. The molecular formula is C19H30N2O6S. The van der Waals surface area contributed by atoms with Gasteiger partial charge in [0, 0.05) is 32.3 Å². The Morgan fingerprint density at radius 3 is 2.75 bits per heavy atom. The van der Waals surface area contributed by atoms with Gasteiger partial charge < -0.3 is 19.5 Å². The molecule has 0 atom stereocenters. The second-order valence-corrected chi connectivity index (χ2v) is 8.44. The van der Waals surface area contributed by atoms with E-state index >= 15 is 0 Å². The fourth-order valence-electron chi connectivity index (χ4n) is 2.36. The van der Waals surface area contributed by atoms with Crippen molar-refractivity contribution in [2.45, 2.75) is 30.6 Å². The summed E-state index contributed by atoms with van der Waals surface area (Å²) in [7, 11) is -2.20. The summed E-state index contributed by atoms with van der Waals surface area (Å²) in [6.45, 7) is 3.05. The molecule has 9 heteroatoms. The number of hydrogen-bond donors (Lipinski definition) is 2. The van der Waals surface area contributed by atoms with Crippen LogP contribution < -0.4 is 14.8 Å². The predicted octanol–water partition coefficient (Wildman–Crippen LogP) is 1.31. The Morgan fingerprint density at radius 2 is 2.00 bits per heavy atom. The average Bonchev–Trinajstić information content (AvgIpc) is 3.52. The first kappa shape index (κ1) is 22.6. The van der Waals surface area contributed by atoms with Crippen LogP contribution in [-0.4, -0.2) is 61.0 Å². The molecule has 0 saturated heterocycles. The van der Waals surface area contributed by atoms with Crippen LogP contribution in [0.4, 0.5) is 0 Å². The highest BCUT2D eigenvalue weighted by atomic mass is 32.2. The molecule has 0 amide bonds. The molecule has 0 unspecified atom stereocenters. The maximum absolute atomic E-state index is 12.4. The van der Waals surface area contributed by atoms with Gasteiger partial charge in [0.15, 0.2) is 0 Å². The van der Waals surface area contributed by atoms with Gasteiger partial charge in [-0.25, -0.2) is 13.1 Å². The molecule has 2 rings (SSSR count). The fraction of sp³-hybridized carbons (Fsp3) is 0.632. The lowest BCUT2D eigenvalue weighted by molar-refractivity contribution is -0.140. The van der Waals surface area contributed by atoms with Gasteiger partial charge in [0.25, 0.3) is 0 Å². The smallest absolute Gasteiger partial charge is 0.306 e. The molecule has 0 aromatic heterocycles. The number of benzene rings is 1. The van der Waals surface area contributed by atoms with Crippen LogP contribution in [0.25, 0.3) is 0 Å². The third kappa shape index (κ3) is 9.01. The predicted molar refractivity (Wildman–Crippen MR) is 105 cm³/mol. The molecule has 1 aliphatic rings. The Balaban J connectivity index is 1.56. The van der Waals surface area contributed by atoms with Crippen LogP contribution in [0.3, 0.4) is 0 Å². The molecule has 28 heavy (non-hydrogen) atoms. The fourth-order valence-corrected chi connectivity index (χ4v) is 3.47. The third-order valence-corrected chi connectivity index (χ3v) is 5.67. The molecule has 8 nitrogen and oxygen atoms in total. The molecule has 2 N–H and O–H groups in total. The molecule has 158 valence electrons. The van der Waals surface area contributed by atoms with E-state index in [1.54, 1.807) is 24.3 Å². The second-order valence-electron chi connectivity index (χ2n) is 6.67. The van der Waals surface area contributed by atoms with Gasteiger partial charge in [0.2, 0.25) is 10.0 Å². The first-order valence-corrected chi connectivity index (χ1v) is 11.1. The van der Waals surface area contributed by atoms with Crippen molar-refractivity contribution in [1.82, 2.24) is 10.0 Å². The van der Waals surface area contributed by atoms with Gasteiger partial charge in [-0.3, -0.25) is 4.79 Å². The van der Waals surface area contributed by atoms with Gasteiger partial charge in [-0.1, -0.05) is 6.07 Å². The van der Waals surface area contributed by atoms with Gasteiger partial charge >= 0.3 is 5.97 Å². The van der Waals surface area contributed by atoms with Crippen LogP contribution in [0.5, 0.6) is 5.75 Å². The Kier molecular flexibility index (Phi) is 9.69. The van der Waals surface area contributed by atoms with Crippen LogP contribution in [0.1, 0.15) is 25.7 Å². The molecule has 0 spiro atoms. The summed E-state index contributed by atoms with van der Waals surface area (Å²) in [5, 5.41) is 3.06. The van der Waals surface area contributed by atoms with E-state index in [1.807, 2.05) is 0 Å². The van der Waals surface area contributed by atoms with Crippen LogP contribution in [0.2, 0.25) is 0 Å². The topological polar surface area (TPSA) is 103 Å². The van der Waals surface area contributed by atoms with Crippen LogP contribution in [-0.2, 0) is 24.3 Å². The number of carbonyl (C=O) groups is 1.